The molecule has 0 saturated heterocycles. The number of nitrogens with zero attached hydrogens (tertiary/aromatic N) is 4. The molecule has 0 spiro atoms. The Morgan fingerprint density at radius 2 is 2.04 bits per heavy atom. The molecule has 7 heteroatoms. The molecule has 0 radical (unpaired) electrons. The van der Waals surface area contributed by atoms with E-state index in [-0.39, 0.29) is 11.6 Å². The van der Waals surface area contributed by atoms with Crippen LogP contribution in [0.2, 0.25) is 0 Å². The van der Waals surface area contributed by atoms with Crippen LogP contribution in [0, 0.1) is 5.92 Å². The van der Waals surface area contributed by atoms with Gasteiger partial charge in [0.1, 0.15) is 0 Å². The van der Waals surface area contributed by atoms with Crippen LogP contribution in [0.4, 0.5) is 0 Å². The van der Waals surface area contributed by atoms with Crippen molar-refractivity contribution in [1.29, 1.82) is 0 Å². The fourth-order valence-electron chi connectivity index (χ4n) is 3.52. The molecule has 7 nitrogen and oxygen atoms in total. The zero-order valence-corrected chi connectivity index (χ0v) is 16.3. The number of carbonyl (C=O) groups excluding carboxylic acids is 1. The van der Waals surface area contributed by atoms with E-state index in [2.05, 4.69) is 40.4 Å². The van der Waals surface area contributed by atoms with Gasteiger partial charge in [0, 0.05) is 31.3 Å². The lowest BCUT2D eigenvalue weighted by molar-refractivity contribution is 0.0941. The summed E-state index contributed by atoms with van der Waals surface area (Å²) in [5.41, 5.74) is 3.22. The molecule has 0 saturated carbocycles. The standard InChI is InChI=1S/C21H25N5O2/c1-15(2)13-25-8-9-26-18(14-25)10-17(23-26)12-22-21(27)19-11-20(28-24-19)16-6-4-3-5-7-16/h3-7,10-11,15H,8-9,12-14H2,1-2H3,(H,22,27). The van der Waals surface area contributed by atoms with Crippen molar-refractivity contribution in [2.45, 2.75) is 33.5 Å². The van der Waals surface area contributed by atoms with Gasteiger partial charge in [-0.15, -0.1) is 0 Å². The highest BCUT2D eigenvalue weighted by Gasteiger charge is 2.19. The Morgan fingerprint density at radius 3 is 2.82 bits per heavy atom. The van der Waals surface area contributed by atoms with Gasteiger partial charge in [-0.05, 0) is 12.0 Å². The maximum Gasteiger partial charge on any atom is 0.273 e. The minimum atomic E-state index is -0.265. The first-order valence-electron chi connectivity index (χ1n) is 9.67. The van der Waals surface area contributed by atoms with E-state index in [0.29, 0.717) is 18.2 Å². The number of benzene rings is 1. The molecule has 1 amide bonds. The largest absolute Gasteiger partial charge is 0.355 e. The summed E-state index contributed by atoms with van der Waals surface area (Å²) in [6.45, 7) is 8.74. The fourth-order valence-corrected chi connectivity index (χ4v) is 3.52. The van der Waals surface area contributed by atoms with E-state index in [9.17, 15) is 4.79 Å². The van der Waals surface area contributed by atoms with Crippen LogP contribution in [0.15, 0.2) is 47.0 Å². The number of carbonyl (C=O) groups is 1. The van der Waals surface area contributed by atoms with Crippen LogP contribution in [0.1, 0.15) is 35.7 Å². The van der Waals surface area contributed by atoms with Crippen LogP contribution < -0.4 is 5.32 Å². The number of fused-ring (bicyclic) bond motifs is 1. The van der Waals surface area contributed by atoms with Gasteiger partial charge in [-0.2, -0.15) is 5.10 Å². The number of aromatic nitrogens is 3. The molecule has 0 bridgehead atoms. The van der Waals surface area contributed by atoms with Crippen molar-refractivity contribution in [3.63, 3.8) is 0 Å². The number of hydrogen-bond acceptors (Lipinski definition) is 5. The lowest BCUT2D eigenvalue weighted by atomic mass is 10.1. The molecule has 2 aromatic heterocycles. The Hall–Kier alpha value is -2.93. The lowest BCUT2D eigenvalue weighted by Gasteiger charge is -2.28. The van der Waals surface area contributed by atoms with Gasteiger partial charge < -0.3 is 9.84 Å². The van der Waals surface area contributed by atoms with E-state index in [4.69, 9.17) is 4.52 Å². The van der Waals surface area contributed by atoms with Crippen molar-refractivity contribution in [3.05, 3.63) is 59.5 Å². The van der Waals surface area contributed by atoms with Crippen molar-refractivity contribution >= 4 is 5.91 Å². The molecule has 1 aromatic carbocycles. The van der Waals surface area contributed by atoms with E-state index in [0.717, 1.165) is 37.4 Å². The molecule has 4 rings (SSSR count). The molecule has 0 atom stereocenters. The molecule has 3 aromatic rings. The molecular weight excluding hydrogens is 354 g/mol. The van der Waals surface area contributed by atoms with Crippen LogP contribution in [0.25, 0.3) is 11.3 Å². The van der Waals surface area contributed by atoms with Gasteiger partial charge in [-0.25, -0.2) is 0 Å². The smallest absolute Gasteiger partial charge is 0.273 e. The SMILES string of the molecule is CC(C)CN1CCn2nc(CNC(=O)c3cc(-c4ccccc4)on3)cc2C1. The Balaban J connectivity index is 1.36. The summed E-state index contributed by atoms with van der Waals surface area (Å²) < 4.78 is 7.34. The lowest BCUT2D eigenvalue weighted by Crippen LogP contribution is -2.36. The van der Waals surface area contributed by atoms with Crippen molar-refractivity contribution < 1.29 is 9.32 Å². The normalized spacial score (nSPS) is 14.2. The molecule has 1 aliphatic rings. The quantitative estimate of drug-likeness (QED) is 0.713. The summed E-state index contributed by atoms with van der Waals surface area (Å²) >= 11 is 0. The first-order valence-corrected chi connectivity index (χ1v) is 9.67. The first kappa shape index (κ1) is 18.4. The second kappa shape index (κ2) is 7.98. The van der Waals surface area contributed by atoms with Crippen molar-refractivity contribution in [1.82, 2.24) is 25.2 Å². The number of amides is 1. The molecular formula is C21H25N5O2. The molecule has 0 aliphatic carbocycles. The number of hydrogen-bond donors (Lipinski definition) is 1. The molecule has 146 valence electrons. The third kappa shape index (κ3) is 4.14. The predicted molar refractivity (Wildman–Crippen MR) is 105 cm³/mol. The van der Waals surface area contributed by atoms with Gasteiger partial charge in [0.2, 0.25) is 0 Å². The summed E-state index contributed by atoms with van der Waals surface area (Å²) in [5.74, 6) is 0.961. The summed E-state index contributed by atoms with van der Waals surface area (Å²) in [7, 11) is 0. The fraction of sp³-hybridized carbons (Fsp3) is 0.381. The zero-order chi connectivity index (χ0) is 19.5. The monoisotopic (exact) mass is 379 g/mol. The molecule has 3 heterocycles. The van der Waals surface area contributed by atoms with Crippen LogP contribution >= 0.6 is 0 Å². The average Bonchev–Trinajstić information content (AvgIpc) is 3.33. The molecule has 1 N–H and O–H groups in total. The Kier molecular flexibility index (Phi) is 5.25. The highest BCUT2D eigenvalue weighted by Crippen LogP contribution is 2.20. The van der Waals surface area contributed by atoms with Crippen LogP contribution in [0.3, 0.4) is 0 Å². The summed E-state index contributed by atoms with van der Waals surface area (Å²) in [5, 5.41) is 11.4. The molecule has 0 fully saturated rings. The van der Waals surface area contributed by atoms with Crippen molar-refractivity contribution in [2.24, 2.45) is 5.92 Å². The third-order valence-corrected chi connectivity index (χ3v) is 4.78. The van der Waals surface area contributed by atoms with Gasteiger partial charge in [0.05, 0.1) is 24.5 Å². The zero-order valence-electron chi connectivity index (χ0n) is 16.3. The topological polar surface area (TPSA) is 76.2 Å². The minimum absolute atomic E-state index is 0.265. The summed E-state index contributed by atoms with van der Waals surface area (Å²) in [4.78, 5) is 14.9. The number of nitrogens with one attached hydrogen (secondary N) is 1. The Labute approximate surface area is 164 Å². The van der Waals surface area contributed by atoms with Crippen molar-refractivity contribution in [3.8, 4) is 11.3 Å². The molecule has 28 heavy (non-hydrogen) atoms. The van der Waals surface area contributed by atoms with Gasteiger partial charge in [0.25, 0.3) is 5.91 Å². The Bertz CT molecular complexity index is 945. The Morgan fingerprint density at radius 1 is 1.21 bits per heavy atom. The summed E-state index contributed by atoms with van der Waals surface area (Å²) in [6, 6.07) is 13.3. The highest BCUT2D eigenvalue weighted by atomic mass is 16.5. The van der Waals surface area contributed by atoms with E-state index in [1.165, 1.54) is 5.69 Å². The van der Waals surface area contributed by atoms with Gasteiger partial charge >= 0.3 is 0 Å². The molecule has 0 unspecified atom stereocenters. The van der Waals surface area contributed by atoms with E-state index >= 15 is 0 Å². The number of rotatable bonds is 6. The van der Waals surface area contributed by atoms with E-state index < -0.39 is 0 Å². The van der Waals surface area contributed by atoms with Gasteiger partial charge in [-0.1, -0.05) is 49.3 Å². The highest BCUT2D eigenvalue weighted by molar-refractivity contribution is 5.93. The maximum atomic E-state index is 12.4. The van der Waals surface area contributed by atoms with Crippen LogP contribution in [0.5, 0.6) is 0 Å². The van der Waals surface area contributed by atoms with Crippen molar-refractivity contribution in [2.75, 3.05) is 13.1 Å². The first-order chi connectivity index (χ1) is 13.6. The van der Waals surface area contributed by atoms with Gasteiger partial charge in [-0.3, -0.25) is 14.4 Å². The maximum absolute atomic E-state index is 12.4. The average molecular weight is 379 g/mol. The van der Waals surface area contributed by atoms with Crippen LogP contribution in [-0.4, -0.2) is 38.8 Å². The minimum Gasteiger partial charge on any atom is -0.355 e. The summed E-state index contributed by atoms with van der Waals surface area (Å²) in [6.07, 6.45) is 0. The van der Waals surface area contributed by atoms with E-state index in [1.807, 2.05) is 35.0 Å². The third-order valence-electron chi connectivity index (χ3n) is 4.78. The van der Waals surface area contributed by atoms with E-state index in [1.54, 1.807) is 6.07 Å². The van der Waals surface area contributed by atoms with Gasteiger partial charge in [0.15, 0.2) is 11.5 Å². The predicted octanol–water partition coefficient (Wildman–Crippen LogP) is 2.94. The van der Waals surface area contributed by atoms with Crippen LogP contribution in [-0.2, 0) is 19.6 Å². The second-order valence-corrected chi connectivity index (χ2v) is 7.60. The molecule has 1 aliphatic heterocycles. The second-order valence-electron chi connectivity index (χ2n) is 7.60.